The van der Waals surface area contributed by atoms with Gasteiger partial charge in [0, 0.05) is 10.8 Å². The summed E-state index contributed by atoms with van der Waals surface area (Å²) < 4.78 is 196. The van der Waals surface area contributed by atoms with E-state index in [-0.39, 0.29) is 0 Å². The molecule has 42 heavy (non-hydrogen) atoms. The molecule has 16 heteroatoms. The van der Waals surface area contributed by atoms with Crippen LogP contribution in [-0.4, -0.2) is 7.12 Å². The van der Waals surface area contributed by atoms with E-state index < -0.39 is 121 Å². The van der Waals surface area contributed by atoms with Gasteiger partial charge >= 0.3 is 7.12 Å². The number of rotatable bonds is 5. The third kappa shape index (κ3) is 4.23. The molecule has 0 aliphatic heterocycles. The minimum Gasteiger partial charge on any atom is -0.521 e. The lowest BCUT2D eigenvalue weighted by Crippen LogP contribution is -2.47. The Morgan fingerprint density at radius 3 is 1.05 bits per heavy atom. The number of hydrogen-bond acceptors (Lipinski definition) is 2. The second-order valence-corrected chi connectivity index (χ2v) is 8.42. The van der Waals surface area contributed by atoms with E-state index >= 15 is 0 Å². The lowest BCUT2D eigenvalue weighted by molar-refractivity contribution is 0.376. The number of fused-ring (bicyclic) bond motifs is 2. The van der Waals surface area contributed by atoms with Gasteiger partial charge in [-0.25, -0.2) is 57.1 Å². The van der Waals surface area contributed by atoms with Crippen molar-refractivity contribution < 1.29 is 66.4 Å². The van der Waals surface area contributed by atoms with Crippen LogP contribution in [0.4, 0.5) is 57.1 Å². The molecule has 0 radical (unpaired) electrons. The Morgan fingerprint density at radius 2 is 0.667 bits per heavy atom. The van der Waals surface area contributed by atoms with Crippen molar-refractivity contribution in [1.82, 2.24) is 0 Å². The first kappa shape index (κ1) is 28.9. The van der Waals surface area contributed by atoms with E-state index in [9.17, 15) is 57.1 Å². The summed E-state index contributed by atoms with van der Waals surface area (Å²) in [5.74, 6) is -32.8. The predicted octanol–water partition coefficient (Wildman–Crippen LogP) is 7.65. The number of benzene rings is 5. The van der Waals surface area contributed by atoms with E-state index in [1.807, 2.05) is 0 Å². The molecule has 0 spiro atoms. The second kappa shape index (κ2) is 10.3. The topological polar surface area (TPSA) is 18.5 Å². The Kier molecular flexibility index (Phi) is 7.11. The van der Waals surface area contributed by atoms with Gasteiger partial charge in [0.05, 0.1) is 16.2 Å². The van der Waals surface area contributed by atoms with Gasteiger partial charge in [-0.15, -0.1) is 0 Å². The number of hydrogen-bond donors (Lipinski definition) is 0. The third-order valence-corrected chi connectivity index (χ3v) is 6.07. The predicted molar refractivity (Wildman–Crippen MR) is 120 cm³/mol. The molecule has 0 aromatic heterocycles. The first-order valence-corrected chi connectivity index (χ1v) is 11.1. The maximum absolute atomic E-state index is 14.8. The summed E-state index contributed by atoms with van der Waals surface area (Å²) in [6.07, 6.45) is 0. The van der Waals surface area contributed by atoms with E-state index in [2.05, 4.69) is 0 Å². The van der Waals surface area contributed by atoms with Gasteiger partial charge in [-0.1, -0.05) is 24.3 Å². The van der Waals surface area contributed by atoms with Crippen LogP contribution in [0.25, 0.3) is 21.5 Å². The highest BCUT2D eigenvalue weighted by Gasteiger charge is 2.41. The summed E-state index contributed by atoms with van der Waals surface area (Å²) in [7, 11) is -3.03. The smallest absolute Gasteiger partial charge is 0.521 e. The van der Waals surface area contributed by atoms with Crippen LogP contribution in [0.3, 0.4) is 0 Å². The standard InChI is InChI=1S/C26H6BF13O2/c28-14-7-3-1-5-9(11(7)16(30)22(36)20(14)34)41-27(13-18(32)24(38)26(40)25(39)19(13)33)42-10-6-2-4-8-12(10)17(31)23(37)21(35)15(8)29/h1-6H. The molecule has 0 heterocycles. The summed E-state index contributed by atoms with van der Waals surface area (Å²) in [5, 5.41) is -4.52. The highest BCUT2D eigenvalue weighted by Crippen LogP contribution is 2.36. The fourth-order valence-corrected chi connectivity index (χ4v) is 4.12. The molecule has 0 amide bonds. The van der Waals surface area contributed by atoms with Crippen LogP contribution in [0.2, 0.25) is 0 Å². The van der Waals surface area contributed by atoms with Crippen molar-refractivity contribution in [2.24, 2.45) is 0 Å². The van der Waals surface area contributed by atoms with Gasteiger partial charge in [-0.2, -0.15) is 0 Å². The fourth-order valence-electron chi connectivity index (χ4n) is 4.12. The largest absolute Gasteiger partial charge is 0.639 e. The molecular weight excluding hydrogens is 602 g/mol. The van der Waals surface area contributed by atoms with E-state index in [0.717, 1.165) is 12.1 Å². The van der Waals surface area contributed by atoms with Gasteiger partial charge in [0.15, 0.2) is 75.6 Å². The van der Waals surface area contributed by atoms with E-state index in [4.69, 9.17) is 9.31 Å². The maximum atomic E-state index is 14.8. The highest BCUT2D eigenvalue weighted by molar-refractivity contribution is 6.63. The Balaban J connectivity index is 1.79. The van der Waals surface area contributed by atoms with Crippen LogP contribution < -0.4 is 14.8 Å². The average molecular weight is 608 g/mol. The van der Waals surface area contributed by atoms with Crippen LogP contribution in [0.1, 0.15) is 0 Å². The van der Waals surface area contributed by atoms with Crippen molar-refractivity contribution in [3.8, 4) is 11.5 Å². The van der Waals surface area contributed by atoms with E-state index in [1.165, 1.54) is 0 Å². The summed E-state index contributed by atoms with van der Waals surface area (Å²) in [4.78, 5) is 0. The van der Waals surface area contributed by atoms with Gasteiger partial charge in [0.2, 0.25) is 0 Å². The maximum Gasteiger partial charge on any atom is 0.639 e. The molecule has 0 aliphatic rings. The van der Waals surface area contributed by atoms with E-state index in [0.29, 0.717) is 24.3 Å². The molecule has 0 fully saturated rings. The molecule has 216 valence electrons. The Bertz CT molecular complexity index is 1810. The lowest BCUT2D eigenvalue weighted by atomic mass is 9.77. The van der Waals surface area contributed by atoms with Gasteiger partial charge < -0.3 is 9.31 Å². The summed E-state index contributed by atoms with van der Waals surface area (Å²) in [6.45, 7) is 0. The van der Waals surface area contributed by atoms with Crippen LogP contribution in [0, 0.1) is 75.6 Å². The molecule has 0 atom stereocenters. The van der Waals surface area contributed by atoms with E-state index in [1.54, 1.807) is 0 Å². The van der Waals surface area contributed by atoms with Gasteiger partial charge in [-0.05, 0) is 12.1 Å². The molecule has 0 aliphatic carbocycles. The molecule has 0 unspecified atom stereocenters. The molecule has 5 aromatic carbocycles. The summed E-state index contributed by atoms with van der Waals surface area (Å²) in [6, 6.07) is 4.36. The monoisotopic (exact) mass is 608 g/mol. The summed E-state index contributed by atoms with van der Waals surface area (Å²) >= 11 is 0. The fraction of sp³-hybridized carbons (Fsp3) is 0. The summed E-state index contributed by atoms with van der Waals surface area (Å²) in [5.41, 5.74) is -1.98. The van der Waals surface area contributed by atoms with Gasteiger partial charge in [-0.3, -0.25) is 0 Å². The molecule has 0 bridgehead atoms. The zero-order valence-corrected chi connectivity index (χ0v) is 19.8. The molecular formula is C26H6BF13O2. The van der Waals surface area contributed by atoms with Crippen LogP contribution >= 0.6 is 0 Å². The van der Waals surface area contributed by atoms with Crippen LogP contribution in [-0.2, 0) is 0 Å². The zero-order valence-electron chi connectivity index (χ0n) is 19.8. The van der Waals surface area contributed by atoms with Crippen LogP contribution in [0.5, 0.6) is 11.5 Å². The zero-order chi connectivity index (χ0) is 30.8. The molecule has 5 aromatic rings. The minimum absolute atomic E-state index is 0.656. The molecule has 0 saturated heterocycles. The Labute approximate surface area is 224 Å². The first-order chi connectivity index (χ1) is 19.8. The Morgan fingerprint density at radius 1 is 0.357 bits per heavy atom. The minimum atomic E-state index is -3.03. The average Bonchev–Trinajstić information content (AvgIpc) is 2.98. The van der Waals surface area contributed by atoms with Crippen molar-refractivity contribution in [2.45, 2.75) is 0 Å². The molecule has 2 nitrogen and oxygen atoms in total. The Hall–Kier alpha value is -4.63. The van der Waals surface area contributed by atoms with Crippen molar-refractivity contribution in [1.29, 1.82) is 0 Å². The number of halogens is 13. The van der Waals surface area contributed by atoms with Crippen molar-refractivity contribution in [2.75, 3.05) is 0 Å². The molecule has 5 rings (SSSR count). The lowest BCUT2D eigenvalue weighted by Gasteiger charge is -2.21. The SMILES string of the molecule is Fc1c(F)c(F)c(B(Oc2cccc3c(F)c(F)c(F)c(F)c23)Oc2cccc3c(F)c(F)c(F)c(F)c23)c(F)c1F. The molecule has 0 saturated carbocycles. The third-order valence-electron chi connectivity index (χ3n) is 6.07. The van der Waals surface area contributed by atoms with Gasteiger partial charge in [0.1, 0.15) is 11.5 Å². The van der Waals surface area contributed by atoms with Crippen molar-refractivity contribution >= 4 is 34.1 Å². The van der Waals surface area contributed by atoms with Crippen molar-refractivity contribution in [3.05, 3.63) is 112 Å². The van der Waals surface area contributed by atoms with Gasteiger partial charge in [0.25, 0.3) is 0 Å². The van der Waals surface area contributed by atoms with Crippen LogP contribution in [0.15, 0.2) is 36.4 Å². The quantitative estimate of drug-likeness (QED) is 0.0884. The van der Waals surface area contributed by atoms with Crippen molar-refractivity contribution in [3.63, 3.8) is 0 Å². The second-order valence-electron chi connectivity index (χ2n) is 8.42. The normalized spacial score (nSPS) is 11.5. The highest BCUT2D eigenvalue weighted by atomic mass is 19.2. The molecule has 0 N–H and O–H groups in total. The first-order valence-electron chi connectivity index (χ1n) is 11.1.